The van der Waals surface area contributed by atoms with Gasteiger partial charge in [0.15, 0.2) is 6.54 Å². The van der Waals surface area contributed by atoms with Gasteiger partial charge in [-0.15, -0.1) is 0 Å². The number of quaternary nitrogens is 1. The predicted octanol–water partition coefficient (Wildman–Crippen LogP) is 1.03. The van der Waals surface area contributed by atoms with E-state index in [0.29, 0.717) is 18.5 Å². The van der Waals surface area contributed by atoms with Gasteiger partial charge in [-0.1, -0.05) is 6.42 Å². The van der Waals surface area contributed by atoms with E-state index >= 15 is 0 Å². The standard InChI is InChI=1S/C17H27N3O/c1-17(12-18,14-8-9-14)19-16(21)11-20-10-4-6-13-5-2-3-7-15(13)20/h13-15H,2-11H2,1H3,(H,19,21)/p+1/t13-,15+,17-/m1/s1. The van der Waals surface area contributed by atoms with Gasteiger partial charge >= 0.3 is 0 Å². The summed E-state index contributed by atoms with van der Waals surface area (Å²) in [7, 11) is 0. The summed E-state index contributed by atoms with van der Waals surface area (Å²) >= 11 is 0. The van der Waals surface area contributed by atoms with Crippen LogP contribution in [0.3, 0.4) is 0 Å². The van der Waals surface area contributed by atoms with E-state index in [9.17, 15) is 10.1 Å². The number of hydrogen-bond donors (Lipinski definition) is 2. The normalized spacial score (nSPS) is 35.1. The van der Waals surface area contributed by atoms with Crippen LogP contribution in [0, 0.1) is 23.2 Å². The molecule has 4 heteroatoms. The zero-order valence-electron chi connectivity index (χ0n) is 13.2. The third kappa shape index (κ3) is 3.23. The first-order valence-electron chi connectivity index (χ1n) is 8.69. The van der Waals surface area contributed by atoms with Crippen molar-refractivity contribution in [2.75, 3.05) is 13.1 Å². The van der Waals surface area contributed by atoms with Gasteiger partial charge in [0.1, 0.15) is 5.54 Å². The van der Waals surface area contributed by atoms with Crippen LogP contribution in [0.15, 0.2) is 0 Å². The van der Waals surface area contributed by atoms with Gasteiger partial charge in [-0.05, 0) is 57.8 Å². The van der Waals surface area contributed by atoms with Crippen molar-refractivity contribution in [1.29, 1.82) is 5.26 Å². The lowest BCUT2D eigenvalue weighted by Crippen LogP contribution is -3.18. The lowest BCUT2D eigenvalue weighted by molar-refractivity contribution is -0.928. The third-order valence-electron chi connectivity index (χ3n) is 5.92. The summed E-state index contributed by atoms with van der Waals surface area (Å²) in [5.74, 6) is 1.28. The average molecular weight is 290 g/mol. The van der Waals surface area contributed by atoms with E-state index in [-0.39, 0.29) is 5.91 Å². The van der Waals surface area contributed by atoms with Crippen LogP contribution < -0.4 is 10.2 Å². The van der Waals surface area contributed by atoms with Crippen LogP contribution in [0.2, 0.25) is 0 Å². The number of rotatable bonds is 4. The minimum absolute atomic E-state index is 0.0761. The Hall–Kier alpha value is -1.08. The highest BCUT2D eigenvalue weighted by atomic mass is 16.2. The van der Waals surface area contributed by atoms with Crippen molar-refractivity contribution >= 4 is 5.91 Å². The molecule has 21 heavy (non-hydrogen) atoms. The molecule has 3 rings (SSSR count). The molecule has 0 bridgehead atoms. The van der Waals surface area contributed by atoms with Crippen LogP contribution in [0.4, 0.5) is 0 Å². The molecule has 3 fully saturated rings. The second-order valence-electron chi connectivity index (χ2n) is 7.51. The maximum Gasteiger partial charge on any atom is 0.276 e. The first-order chi connectivity index (χ1) is 10.1. The molecule has 2 N–H and O–H groups in total. The van der Waals surface area contributed by atoms with Gasteiger partial charge in [0, 0.05) is 5.92 Å². The maximum absolute atomic E-state index is 12.4. The largest absolute Gasteiger partial charge is 0.333 e. The van der Waals surface area contributed by atoms with E-state index in [4.69, 9.17) is 0 Å². The molecular formula is C17H28N3O+. The zero-order chi connectivity index (χ0) is 14.9. The quantitative estimate of drug-likeness (QED) is 0.812. The number of piperidine rings is 1. The molecule has 4 atom stereocenters. The summed E-state index contributed by atoms with van der Waals surface area (Å²) in [6.45, 7) is 3.57. The van der Waals surface area contributed by atoms with Gasteiger partial charge in [0.25, 0.3) is 5.91 Å². The van der Waals surface area contributed by atoms with Crippen molar-refractivity contribution < 1.29 is 9.69 Å². The van der Waals surface area contributed by atoms with Gasteiger partial charge in [-0.25, -0.2) is 0 Å². The smallest absolute Gasteiger partial charge is 0.276 e. The first kappa shape index (κ1) is 14.8. The van der Waals surface area contributed by atoms with E-state index in [0.717, 1.165) is 25.3 Å². The van der Waals surface area contributed by atoms with Gasteiger partial charge < -0.3 is 10.2 Å². The fourth-order valence-corrected chi connectivity index (χ4v) is 4.51. The van der Waals surface area contributed by atoms with E-state index in [1.54, 1.807) is 0 Å². The van der Waals surface area contributed by atoms with Crippen LogP contribution >= 0.6 is 0 Å². The third-order valence-corrected chi connectivity index (χ3v) is 5.92. The Kier molecular flexibility index (Phi) is 4.21. The van der Waals surface area contributed by atoms with Gasteiger partial charge in [0.05, 0.1) is 18.7 Å². The van der Waals surface area contributed by atoms with Crippen LogP contribution in [-0.2, 0) is 4.79 Å². The fraction of sp³-hybridized carbons (Fsp3) is 0.882. The Morgan fingerprint density at radius 3 is 2.67 bits per heavy atom. The van der Waals surface area contributed by atoms with Crippen molar-refractivity contribution in [3.8, 4) is 6.07 Å². The average Bonchev–Trinajstić information content (AvgIpc) is 3.32. The maximum atomic E-state index is 12.4. The molecule has 0 radical (unpaired) electrons. The molecule has 0 aromatic carbocycles. The predicted molar refractivity (Wildman–Crippen MR) is 80.6 cm³/mol. The molecule has 1 heterocycles. The Balaban J connectivity index is 1.57. The number of amides is 1. The molecule has 1 saturated heterocycles. The highest BCUT2D eigenvalue weighted by Crippen LogP contribution is 2.39. The van der Waals surface area contributed by atoms with Crippen molar-refractivity contribution in [2.45, 2.75) is 69.9 Å². The number of carbonyl (C=O) groups is 1. The topological polar surface area (TPSA) is 57.3 Å². The first-order valence-corrected chi connectivity index (χ1v) is 8.69. The molecule has 0 spiro atoms. The minimum atomic E-state index is -0.641. The van der Waals surface area contributed by atoms with Crippen molar-refractivity contribution in [1.82, 2.24) is 5.32 Å². The number of nitrogens with one attached hydrogen (secondary N) is 2. The molecule has 4 nitrogen and oxygen atoms in total. The van der Waals surface area contributed by atoms with E-state index < -0.39 is 5.54 Å². The van der Waals surface area contributed by atoms with Crippen LogP contribution in [0.5, 0.6) is 0 Å². The minimum Gasteiger partial charge on any atom is -0.333 e. The zero-order valence-corrected chi connectivity index (χ0v) is 13.2. The molecule has 1 unspecified atom stereocenters. The van der Waals surface area contributed by atoms with Crippen molar-refractivity contribution in [2.24, 2.45) is 11.8 Å². The Morgan fingerprint density at radius 1 is 1.24 bits per heavy atom. The lowest BCUT2D eigenvalue weighted by atomic mass is 9.78. The fourth-order valence-electron chi connectivity index (χ4n) is 4.51. The highest BCUT2D eigenvalue weighted by molar-refractivity contribution is 5.78. The summed E-state index contributed by atoms with van der Waals surface area (Å²) < 4.78 is 0. The molecule has 0 aromatic rings. The summed E-state index contributed by atoms with van der Waals surface area (Å²) in [5.41, 5.74) is -0.641. The number of nitrogens with zero attached hydrogens (tertiary/aromatic N) is 1. The summed E-state index contributed by atoms with van der Waals surface area (Å²) in [5, 5.41) is 12.4. The van der Waals surface area contributed by atoms with Crippen LogP contribution in [0.25, 0.3) is 0 Å². The van der Waals surface area contributed by atoms with E-state index in [2.05, 4.69) is 11.4 Å². The molecule has 2 aliphatic carbocycles. The molecule has 3 aliphatic rings. The molecule has 0 aromatic heterocycles. The Labute approximate surface area is 127 Å². The molecule has 2 saturated carbocycles. The molecule has 1 aliphatic heterocycles. The van der Waals surface area contributed by atoms with Gasteiger partial charge in [-0.2, -0.15) is 5.26 Å². The molecular weight excluding hydrogens is 262 g/mol. The number of nitriles is 1. The van der Waals surface area contributed by atoms with Crippen LogP contribution in [0.1, 0.15) is 58.3 Å². The number of fused-ring (bicyclic) bond motifs is 1. The monoisotopic (exact) mass is 290 g/mol. The number of carbonyl (C=O) groups excluding carboxylic acids is 1. The molecule has 116 valence electrons. The summed E-state index contributed by atoms with van der Waals surface area (Å²) in [4.78, 5) is 13.9. The SMILES string of the molecule is C[C@](C#N)(NC(=O)C[NH+]1CCC[C@H]2CCCC[C@@H]21)C1CC1. The highest BCUT2D eigenvalue weighted by Gasteiger charge is 2.44. The summed E-state index contributed by atoms with van der Waals surface area (Å²) in [6.07, 6.45) is 10.1. The Bertz CT molecular complexity index is 438. The number of hydrogen-bond acceptors (Lipinski definition) is 2. The lowest BCUT2D eigenvalue weighted by Gasteiger charge is -2.41. The van der Waals surface area contributed by atoms with E-state index in [1.165, 1.54) is 43.4 Å². The van der Waals surface area contributed by atoms with Gasteiger partial charge in [-0.3, -0.25) is 4.79 Å². The second-order valence-corrected chi connectivity index (χ2v) is 7.51. The number of likely N-dealkylation sites (tertiary alicyclic amines) is 1. The molecule has 1 amide bonds. The van der Waals surface area contributed by atoms with E-state index in [1.807, 2.05) is 6.92 Å². The second kappa shape index (κ2) is 5.96. The summed E-state index contributed by atoms with van der Waals surface area (Å²) in [6, 6.07) is 3.01. The Morgan fingerprint density at radius 2 is 1.95 bits per heavy atom. The van der Waals surface area contributed by atoms with Gasteiger partial charge in [0.2, 0.25) is 0 Å². The van der Waals surface area contributed by atoms with Crippen LogP contribution in [-0.4, -0.2) is 30.6 Å². The van der Waals surface area contributed by atoms with Crippen molar-refractivity contribution in [3.63, 3.8) is 0 Å². The van der Waals surface area contributed by atoms with Crippen molar-refractivity contribution in [3.05, 3.63) is 0 Å².